The van der Waals surface area contributed by atoms with E-state index in [1.165, 1.54) is 4.68 Å². The Bertz CT molecular complexity index is 471. The lowest BCUT2D eigenvalue weighted by Crippen LogP contribution is -2.22. The second-order valence-electron chi connectivity index (χ2n) is 3.44. The van der Waals surface area contributed by atoms with Gasteiger partial charge in [-0.3, -0.25) is 9.48 Å². The molecule has 0 unspecified atom stereocenters. The number of esters is 1. The topological polar surface area (TPSA) is 73.2 Å². The lowest BCUT2D eigenvalue weighted by Gasteiger charge is -2.08. The van der Waals surface area contributed by atoms with Crippen LogP contribution in [0.25, 0.3) is 0 Å². The molecule has 0 bridgehead atoms. The summed E-state index contributed by atoms with van der Waals surface area (Å²) in [5, 5.41) is 6.48. The minimum Gasteiger partial charge on any atom is -0.462 e. The standard InChI is InChI=1S/C10H13Cl2N3O3/c1-4-18-10(17)6-5(2)14-15(3)8(6)13-9(16)7(11)12/h7H,4H2,1-3H3,(H,13,16). The van der Waals surface area contributed by atoms with Gasteiger partial charge in [-0.05, 0) is 13.8 Å². The predicted octanol–water partition coefficient (Wildman–Crippen LogP) is 1.65. The lowest BCUT2D eigenvalue weighted by molar-refractivity contribution is -0.114. The summed E-state index contributed by atoms with van der Waals surface area (Å²) in [5.74, 6) is -0.978. The molecule has 0 fully saturated rings. The third kappa shape index (κ3) is 3.14. The van der Waals surface area contributed by atoms with Crippen LogP contribution in [-0.2, 0) is 16.6 Å². The number of carbonyl (C=O) groups is 2. The molecule has 8 heteroatoms. The minimum atomic E-state index is -1.23. The minimum absolute atomic E-state index is 0.196. The van der Waals surface area contributed by atoms with Crippen LogP contribution in [0, 0.1) is 6.92 Å². The van der Waals surface area contributed by atoms with Crippen LogP contribution in [0.3, 0.4) is 0 Å². The number of nitrogens with zero attached hydrogens (tertiary/aromatic N) is 2. The van der Waals surface area contributed by atoms with Gasteiger partial charge in [-0.25, -0.2) is 4.79 Å². The molecule has 1 heterocycles. The molecule has 0 saturated carbocycles. The van der Waals surface area contributed by atoms with E-state index >= 15 is 0 Å². The molecular formula is C10H13Cl2N3O3. The average Bonchev–Trinajstić information content (AvgIpc) is 2.54. The summed E-state index contributed by atoms with van der Waals surface area (Å²) < 4.78 is 6.25. The number of anilines is 1. The van der Waals surface area contributed by atoms with Crippen molar-refractivity contribution in [1.29, 1.82) is 0 Å². The summed E-state index contributed by atoms with van der Waals surface area (Å²) in [7, 11) is 1.59. The van der Waals surface area contributed by atoms with Gasteiger partial charge in [0.1, 0.15) is 11.4 Å². The molecule has 1 rings (SSSR count). The molecule has 1 aromatic heterocycles. The Hall–Kier alpha value is -1.27. The SMILES string of the molecule is CCOC(=O)c1c(C)nn(C)c1NC(=O)C(Cl)Cl. The molecule has 0 aliphatic carbocycles. The molecule has 18 heavy (non-hydrogen) atoms. The van der Waals surface area contributed by atoms with Crippen LogP contribution in [0.4, 0.5) is 5.82 Å². The molecule has 6 nitrogen and oxygen atoms in total. The first-order valence-corrected chi connectivity index (χ1v) is 6.05. The first kappa shape index (κ1) is 14.8. The highest BCUT2D eigenvalue weighted by Crippen LogP contribution is 2.21. The number of aromatic nitrogens is 2. The van der Waals surface area contributed by atoms with Crippen LogP contribution < -0.4 is 5.32 Å². The van der Waals surface area contributed by atoms with E-state index in [1.807, 2.05) is 0 Å². The Labute approximate surface area is 114 Å². The van der Waals surface area contributed by atoms with E-state index in [-0.39, 0.29) is 18.0 Å². The summed E-state index contributed by atoms with van der Waals surface area (Å²) in [6, 6.07) is 0. The highest BCUT2D eigenvalue weighted by Gasteiger charge is 2.24. The van der Waals surface area contributed by atoms with E-state index in [9.17, 15) is 9.59 Å². The van der Waals surface area contributed by atoms with Crippen molar-refractivity contribution in [1.82, 2.24) is 9.78 Å². The Morgan fingerprint density at radius 1 is 1.50 bits per heavy atom. The van der Waals surface area contributed by atoms with E-state index in [1.54, 1.807) is 20.9 Å². The number of nitrogens with one attached hydrogen (secondary N) is 1. The number of halogens is 2. The molecule has 1 N–H and O–H groups in total. The van der Waals surface area contributed by atoms with Crippen molar-refractivity contribution in [2.75, 3.05) is 11.9 Å². The smallest absolute Gasteiger partial charge is 0.343 e. The van der Waals surface area contributed by atoms with Gasteiger partial charge in [0, 0.05) is 7.05 Å². The number of amides is 1. The molecule has 0 atom stereocenters. The van der Waals surface area contributed by atoms with Crippen LogP contribution in [0.15, 0.2) is 0 Å². The van der Waals surface area contributed by atoms with Gasteiger partial charge in [0.25, 0.3) is 5.91 Å². The van der Waals surface area contributed by atoms with E-state index in [0.717, 1.165) is 0 Å². The number of hydrogen-bond acceptors (Lipinski definition) is 4. The fraction of sp³-hybridized carbons (Fsp3) is 0.500. The normalized spacial score (nSPS) is 10.6. The van der Waals surface area contributed by atoms with Crippen LogP contribution in [-0.4, -0.2) is 33.1 Å². The van der Waals surface area contributed by atoms with E-state index < -0.39 is 16.7 Å². The van der Waals surface area contributed by atoms with Crippen LogP contribution in [0.2, 0.25) is 0 Å². The molecule has 0 aliphatic rings. The average molecular weight is 294 g/mol. The van der Waals surface area contributed by atoms with E-state index in [4.69, 9.17) is 27.9 Å². The summed E-state index contributed by atoms with van der Waals surface area (Å²) in [4.78, 5) is 22.0. The van der Waals surface area contributed by atoms with Gasteiger partial charge in [-0.15, -0.1) is 0 Å². The number of aryl methyl sites for hydroxylation is 2. The summed E-state index contributed by atoms with van der Waals surface area (Å²) in [6.45, 7) is 3.56. The number of hydrogen-bond donors (Lipinski definition) is 1. The van der Waals surface area contributed by atoms with Crippen molar-refractivity contribution < 1.29 is 14.3 Å². The summed E-state index contributed by atoms with van der Waals surface area (Å²) in [5.41, 5.74) is 0.647. The van der Waals surface area contributed by atoms with Gasteiger partial charge in [0.05, 0.1) is 12.3 Å². The van der Waals surface area contributed by atoms with Gasteiger partial charge in [-0.1, -0.05) is 23.2 Å². The van der Waals surface area contributed by atoms with Crippen molar-refractivity contribution in [3.05, 3.63) is 11.3 Å². The van der Waals surface area contributed by atoms with Crippen LogP contribution in [0.1, 0.15) is 23.0 Å². The molecule has 0 aromatic carbocycles. The second-order valence-corrected chi connectivity index (χ2v) is 4.54. The van der Waals surface area contributed by atoms with E-state index in [0.29, 0.717) is 5.69 Å². The largest absolute Gasteiger partial charge is 0.462 e. The molecule has 0 saturated heterocycles. The third-order valence-electron chi connectivity index (χ3n) is 2.14. The monoisotopic (exact) mass is 293 g/mol. The van der Waals surface area contributed by atoms with Crippen molar-refractivity contribution in [2.45, 2.75) is 18.7 Å². The van der Waals surface area contributed by atoms with Crippen LogP contribution in [0.5, 0.6) is 0 Å². The Balaban J connectivity index is 3.10. The summed E-state index contributed by atoms with van der Waals surface area (Å²) >= 11 is 10.9. The van der Waals surface area contributed by atoms with Crippen molar-refractivity contribution in [3.8, 4) is 0 Å². The van der Waals surface area contributed by atoms with Gasteiger partial charge >= 0.3 is 5.97 Å². The second kappa shape index (κ2) is 6.06. The zero-order valence-corrected chi connectivity index (χ0v) is 11.7. The fourth-order valence-corrected chi connectivity index (χ4v) is 1.53. The number of rotatable bonds is 4. The number of alkyl halides is 2. The molecular weight excluding hydrogens is 281 g/mol. The first-order chi connectivity index (χ1) is 8.38. The lowest BCUT2D eigenvalue weighted by atomic mass is 10.2. The molecule has 0 aliphatic heterocycles. The van der Waals surface area contributed by atoms with E-state index in [2.05, 4.69) is 10.4 Å². The maximum absolute atomic E-state index is 11.8. The predicted molar refractivity (Wildman–Crippen MR) is 68.0 cm³/mol. The molecule has 0 spiro atoms. The fourth-order valence-electron chi connectivity index (χ4n) is 1.42. The van der Waals surface area contributed by atoms with Crippen molar-refractivity contribution in [2.24, 2.45) is 7.05 Å². The molecule has 1 amide bonds. The van der Waals surface area contributed by atoms with Crippen molar-refractivity contribution >= 4 is 40.9 Å². The third-order valence-corrected chi connectivity index (χ3v) is 2.54. The quantitative estimate of drug-likeness (QED) is 0.677. The van der Waals surface area contributed by atoms with Gasteiger partial charge in [0.15, 0.2) is 4.84 Å². The molecule has 1 aromatic rings. The highest BCUT2D eigenvalue weighted by atomic mass is 35.5. The van der Waals surface area contributed by atoms with Crippen LogP contribution >= 0.6 is 23.2 Å². The molecule has 100 valence electrons. The maximum Gasteiger partial charge on any atom is 0.343 e. The Morgan fingerprint density at radius 2 is 2.11 bits per heavy atom. The molecule has 0 radical (unpaired) electrons. The Kier molecular flexibility index (Phi) is 4.98. The number of ether oxygens (including phenoxy) is 1. The van der Waals surface area contributed by atoms with Crippen molar-refractivity contribution in [3.63, 3.8) is 0 Å². The van der Waals surface area contributed by atoms with Gasteiger partial charge in [0.2, 0.25) is 0 Å². The van der Waals surface area contributed by atoms with Gasteiger partial charge < -0.3 is 10.1 Å². The maximum atomic E-state index is 11.8. The zero-order chi connectivity index (χ0) is 13.9. The Morgan fingerprint density at radius 3 is 2.61 bits per heavy atom. The zero-order valence-electron chi connectivity index (χ0n) is 10.2. The first-order valence-electron chi connectivity index (χ1n) is 5.18. The van der Waals surface area contributed by atoms with Gasteiger partial charge in [-0.2, -0.15) is 5.10 Å². The number of carbonyl (C=O) groups excluding carboxylic acids is 2. The summed E-state index contributed by atoms with van der Waals surface area (Å²) in [6.07, 6.45) is 0. The highest BCUT2D eigenvalue weighted by molar-refractivity contribution is 6.54.